The van der Waals surface area contributed by atoms with Crippen LogP contribution in [0.3, 0.4) is 0 Å². The van der Waals surface area contributed by atoms with Crippen molar-refractivity contribution in [1.82, 2.24) is 5.32 Å². The van der Waals surface area contributed by atoms with Gasteiger partial charge in [-0.15, -0.1) is 0 Å². The molecule has 0 amide bonds. The third kappa shape index (κ3) is 2.93. The molecule has 3 nitrogen and oxygen atoms in total. The molecule has 0 saturated heterocycles. The zero-order valence-electron chi connectivity index (χ0n) is 11.1. The summed E-state index contributed by atoms with van der Waals surface area (Å²) in [5.74, 6) is 1.85. The van der Waals surface area contributed by atoms with E-state index in [2.05, 4.69) is 17.4 Å². The summed E-state index contributed by atoms with van der Waals surface area (Å²) in [4.78, 5) is 0. The number of nitrogens with one attached hydrogen (secondary N) is 1. The summed E-state index contributed by atoms with van der Waals surface area (Å²) in [6.07, 6.45) is 1.92. The van der Waals surface area contributed by atoms with Crippen molar-refractivity contribution in [3.63, 3.8) is 0 Å². The number of hydrogen-bond acceptors (Lipinski definition) is 3. The van der Waals surface area contributed by atoms with Gasteiger partial charge >= 0.3 is 0 Å². The van der Waals surface area contributed by atoms with Crippen LogP contribution in [-0.4, -0.2) is 13.2 Å². The second kappa shape index (κ2) is 5.74. The van der Waals surface area contributed by atoms with Gasteiger partial charge in [0, 0.05) is 5.56 Å². The van der Waals surface area contributed by atoms with Crippen LogP contribution >= 0.6 is 0 Å². The smallest absolute Gasteiger partial charge is 0.125 e. The fraction of sp³-hybridized carbons (Fsp3) is 0.333. The zero-order valence-corrected chi connectivity index (χ0v) is 11.1. The molecule has 0 aliphatic carbocycles. The summed E-state index contributed by atoms with van der Waals surface area (Å²) in [5.41, 5.74) is 2.27. The van der Waals surface area contributed by atoms with Gasteiger partial charge in [0.05, 0.1) is 18.9 Å². The predicted molar refractivity (Wildman–Crippen MR) is 72.7 cm³/mol. The van der Waals surface area contributed by atoms with E-state index in [1.807, 2.05) is 39.1 Å². The van der Waals surface area contributed by atoms with Gasteiger partial charge in [0.2, 0.25) is 0 Å². The van der Waals surface area contributed by atoms with Gasteiger partial charge in [-0.2, -0.15) is 0 Å². The van der Waals surface area contributed by atoms with E-state index in [4.69, 9.17) is 9.15 Å². The molecule has 0 radical (unpaired) electrons. The van der Waals surface area contributed by atoms with Crippen LogP contribution in [0.15, 0.2) is 41.0 Å². The van der Waals surface area contributed by atoms with Crippen molar-refractivity contribution in [2.24, 2.45) is 0 Å². The second-order valence-electron chi connectivity index (χ2n) is 4.48. The highest BCUT2D eigenvalue weighted by atomic mass is 16.5. The van der Waals surface area contributed by atoms with Gasteiger partial charge < -0.3 is 14.5 Å². The Balaban J connectivity index is 2.20. The third-order valence-electron chi connectivity index (χ3n) is 2.62. The highest BCUT2D eigenvalue weighted by Crippen LogP contribution is 2.27. The quantitative estimate of drug-likeness (QED) is 0.876. The van der Waals surface area contributed by atoms with Gasteiger partial charge in [0.15, 0.2) is 0 Å². The lowest BCUT2D eigenvalue weighted by atomic mass is 10.1. The number of ether oxygens (including phenoxy) is 1. The van der Waals surface area contributed by atoms with E-state index in [9.17, 15) is 0 Å². The molecule has 96 valence electrons. The van der Waals surface area contributed by atoms with Crippen molar-refractivity contribution in [3.8, 4) is 16.9 Å². The lowest BCUT2D eigenvalue weighted by Gasteiger charge is -2.10. The Labute approximate surface area is 108 Å². The fourth-order valence-corrected chi connectivity index (χ4v) is 1.88. The van der Waals surface area contributed by atoms with Crippen LogP contribution in [0.5, 0.6) is 5.75 Å². The third-order valence-corrected chi connectivity index (χ3v) is 2.62. The van der Waals surface area contributed by atoms with Crippen molar-refractivity contribution in [1.29, 1.82) is 0 Å². The maximum absolute atomic E-state index is 5.63. The van der Waals surface area contributed by atoms with Crippen molar-refractivity contribution in [3.05, 3.63) is 42.4 Å². The van der Waals surface area contributed by atoms with Crippen LogP contribution in [0.4, 0.5) is 0 Å². The lowest BCUT2D eigenvalue weighted by Crippen LogP contribution is -2.05. The summed E-state index contributed by atoms with van der Waals surface area (Å²) in [5, 5.41) is 3.10. The standard InChI is InChI=1S/C15H19NO2/c1-11(2)18-13-6-4-12(5-7-13)14-8-9-17-15(14)10-16-3/h4-9,11,16H,10H2,1-3H3. The molecule has 0 unspecified atom stereocenters. The predicted octanol–water partition coefficient (Wildman–Crippen LogP) is 3.45. The van der Waals surface area contributed by atoms with Gasteiger partial charge in [0.1, 0.15) is 11.5 Å². The summed E-state index contributed by atoms with van der Waals surface area (Å²) in [6.45, 7) is 4.77. The van der Waals surface area contributed by atoms with E-state index in [-0.39, 0.29) is 6.10 Å². The molecule has 0 aliphatic heterocycles. The molecule has 1 aromatic carbocycles. The van der Waals surface area contributed by atoms with E-state index in [0.717, 1.165) is 29.2 Å². The number of hydrogen-bond donors (Lipinski definition) is 1. The van der Waals surface area contributed by atoms with Gasteiger partial charge in [0.25, 0.3) is 0 Å². The second-order valence-corrected chi connectivity index (χ2v) is 4.48. The Kier molecular flexibility index (Phi) is 4.05. The van der Waals surface area contributed by atoms with E-state index in [1.54, 1.807) is 6.26 Å². The Morgan fingerprint density at radius 2 is 1.89 bits per heavy atom. The summed E-state index contributed by atoms with van der Waals surface area (Å²) in [7, 11) is 1.91. The number of rotatable bonds is 5. The van der Waals surface area contributed by atoms with Crippen molar-refractivity contribution in [2.75, 3.05) is 7.05 Å². The van der Waals surface area contributed by atoms with Crippen molar-refractivity contribution >= 4 is 0 Å². The molecule has 2 rings (SSSR count). The van der Waals surface area contributed by atoms with E-state index < -0.39 is 0 Å². The average molecular weight is 245 g/mol. The summed E-state index contributed by atoms with van der Waals surface area (Å²) < 4.78 is 11.1. The minimum atomic E-state index is 0.199. The van der Waals surface area contributed by atoms with E-state index >= 15 is 0 Å². The molecule has 18 heavy (non-hydrogen) atoms. The van der Waals surface area contributed by atoms with Crippen LogP contribution in [0.1, 0.15) is 19.6 Å². The van der Waals surface area contributed by atoms with Crippen LogP contribution in [0, 0.1) is 0 Å². The summed E-state index contributed by atoms with van der Waals surface area (Å²) in [6, 6.07) is 10.1. The highest BCUT2D eigenvalue weighted by molar-refractivity contribution is 5.66. The lowest BCUT2D eigenvalue weighted by molar-refractivity contribution is 0.242. The van der Waals surface area contributed by atoms with E-state index in [0.29, 0.717) is 0 Å². The first-order valence-corrected chi connectivity index (χ1v) is 6.18. The van der Waals surface area contributed by atoms with Crippen LogP contribution in [0.25, 0.3) is 11.1 Å². The maximum Gasteiger partial charge on any atom is 0.125 e. The molecule has 1 heterocycles. The van der Waals surface area contributed by atoms with Crippen LogP contribution in [0.2, 0.25) is 0 Å². The molecule has 0 aliphatic rings. The topological polar surface area (TPSA) is 34.4 Å². The SMILES string of the molecule is CNCc1occc1-c1ccc(OC(C)C)cc1. The average Bonchev–Trinajstić information content (AvgIpc) is 2.78. The van der Waals surface area contributed by atoms with Gasteiger partial charge in [-0.3, -0.25) is 0 Å². The minimum Gasteiger partial charge on any atom is -0.491 e. The Bertz CT molecular complexity index is 485. The van der Waals surface area contributed by atoms with E-state index in [1.165, 1.54) is 0 Å². The first-order valence-electron chi connectivity index (χ1n) is 6.18. The molecule has 1 aromatic heterocycles. The minimum absolute atomic E-state index is 0.199. The van der Waals surface area contributed by atoms with Crippen LogP contribution < -0.4 is 10.1 Å². The highest BCUT2D eigenvalue weighted by Gasteiger charge is 2.08. The van der Waals surface area contributed by atoms with Gasteiger partial charge in [-0.1, -0.05) is 12.1 Å². The molecule has 0 spiro atoms. The molecule has 0 saturated carbocycles. The molecule has 0 bridgehead atoms. The fourth-order valence-electron chi connectivity index (χ4n) is 1.88. The largest absolute Gasteiger partial charge is 0.491 e. The first kappa shape index (κ1) is 12.7. The van der Waals surface area contributed by atoms with Crippen molar-refractivity contribution < 1.29 is 9.15 Å². The molecule has 0 fully saturated rings. The molecule has 2 aromatic rings. The summed E-state index contributed by atoms with van der Waals surface area (Å²) >= 11 is 0. The zero-order chi connectivity index (χ0) is 13.0. The maximum atomic E-state index is 5.63. The van der Waals surface area contributed by atoms with Gasteiger partial charge in [-0.05, 0) is 44.7 Å². The van der Waals surface area contributed by atoms with Gasteiger partial charge in [-0.25, -0.2) is 0 Å². The number of furan rings is 1. The number of benzene rings is 1. The monoisotopic (exact) mass is 245 g/mol. The van der Waals surface area contributed by atoms with Crippen molar-refractivity contribution in [2.45, 2.75) is 26.5 Å². The Morgan fingerprint density at radius 1 is 1.17 bits per heavy atom. The van der Waals surface area contributed by atoms with Crippen LogP contribution in [-0.2, 0) is 6.54 Å². The first-order chi connectivity index (χ1) is 8.70. The molecular weight excluding hydrogens is 226 g/mol. The Hall–Kier alpha value is -1.74. The molecule has 1 N–H and O–H groups in total. The Morgan fingerprint density at radius 3 is 2.50 bits per heavy atom. The molecule has 0 atom stereocenters. The molecular formula is C15H19NO2. The normalized spacial score (nSPS) is 10.9. The molecule has 3 heteroatoms.